The molecule has 0 atom stereocenters. The molecule has 0 aliphatic rings. The third-order valence-electron chi connectivity index (χ3n) is 3.73. The van der Waals surface area contributed by atoms with Crippen molar-refractivity contribution in [2.24, 2.45) is 0 Å². The van der Waals surface area contributed by atoms with Gasteiger partial charge >= 0.3 is 5.97 Å². The molecule has 0 saturated carbocycles. The van der Waals surface area contributed by atoms with Crippen LogP contribution in [0.2, 0.25) is 0 Å². The number of hydrogen-bond donors (Lipinski definition) is 0. The zero-order valence-corrected chi connectivity index (χ0v) is 15.1. The Balaban J connectivity index is 1.69. The summed E-state index contributed by atoms with van der Waals surface area (Å²) in [5, 5.41) is 2.15. The van der Waals surface area contributed by atoms with Crippen LogP contribution in [0.4, 0.5) is 0 Å². The molecular formula is C20H17BrO3. The molecule has 0 spiro atoms. The van der Waals surface area contributed by atoms with Crippen molar-refractivity contribution in [3.8, 4) is 11.5 Å². The van der Waals surface area contributed by atoms with Gasteiger partial charge in [0.05, 0.1) is 4.47 Å². The van der Waals surface area contributed by atoms with Crippen LogP contribution >= 0.6 is 15.9 Å². The van der Waals surface area contributed by atoms with E-state index in [2.05, 4.69) is 15.9 Å². The molecular weight excluding hydrogens is 368 g/mol. The largest absolute Gasteiger partial charge is 0.481 e. The summed E-state index contributed by atoms with van der Waals surface area (Å²) in [5.41, 5.74) is 2.05. The van der Waals surface area contributed by atoms with Crippen LogP contribution in [-0.2, 0) is 4.79 Å². The van der Waals surface area contributed by atoms with Gasteiger partial charge in [-0.3, -0.25) is 0 Å². The van der Waals surface area contributed by atoms with Gasteiger partial charge in [0, 0.05) is 0 Å². The number of carbonyl (C=O) groups excluding carboxylic acids is 1. The highest BCUT2D eigenvalue weighted by atomic mass is 79.9. The van der Waals surface area contributed by atoms with Gasteiger partial charge in [-0.05, 0) is 58.2 Å². The Morgan fingerprint density at radius 2 is 1.75 bits per heavy atom. The fraction of sp³-hybridized carbons (Fsp3) is 0.150. The van der Waals surface area contributed by atoms with E-state index in [0.29, 0.717) is 11.5 Å². The fourth-order valence-corrected chi connectivity index (χ4v) is 3.14. The standard InChI is InChI=1S/C20H17BrO3/c1-13-7-9-17(14(2)11-13)24-19(22)12-23-18-10-8-15-5-3-4-6-16(15)20(18)21/h3-11H,12H2,1-2H3. The number of halogens is 1. The van der Waals surface area contributed by atoms with Crippen molar-refractivity contribution in [2.75, 3.05) is 6.61 Å². The summed E-state index contributed by atoms with van der Waals surface area (Å²) in [6.45, 7) is 3.76. The predicted molar refractivity (Wildman–Crippen MR) is 98.7 cm³/mol. The molecule has 24 heavy (non-hydrogen) atoms. The first kappa shape index (κ1) is 16.5. The van der Waals surface area contributed by atoms with Crippen molar-refractivity contribution >= 4 is 32.7 Å². The van der Waals surface area contributed by atoms with Gasteiger partial charge < -0.3 is 9.47 Å². The molecule has 0 aliphatic heterocycles. The molecule has 0 fully saturated rings. The number of benzene rings is 3. The van der Waals surface area contributed by atoms with Gasteiger partial charge in [0.25, 0.3) is 0 Å². The van der Waals surface area contributed by atoms with E-state index < -0.39 is 5.97 Å². The molecule has 0 saturated heterocycles. The molecule has 0 bridgehead atoms. The van der Waals surface area contributed by atoms with Crippen LogP contribution in [0.25, 0.3) is 10.8 Å². The van der Waals surface area contributed by atoms with Gasteiger partial charge in [0.15, 0.2) is 6.61 Å². The molecule has 0 radical (unpaired) electrons. The van der Waals surface area contributed by atoms with Gasteiger partial charge in [-0.25, -0.2) is 4.79 Å². The molecule has 3 rings (SSSR count). The Labute approximate surface area is 149 Å². The molecule has 0 unspecified atom stereocenters. The molecule has 3 nitrogen and oxygen atoms in total. The smallest absolute Gasteiger partial charge is 0.349 e. The summed E-state index contributed by atoms with van der Waals surface area (Å²) in [6.07, 6.45) is 0. The number of rotatable bonds is 4. The van der Waals surface area contributed by atoms with E-state index in [4.69, 9.17) is 9.47 Å². The van der Waals surface area contributed by atoms with Crippen molar-refractivity contribution in [1.29, 1.82) is 0 Å². The third kappa shape index (κ3) is 3.60. The summed E-state index contributed by atoms with van der Waals surface area (Å²) in [7, 11) is 0. The number of esters is 1. The first-order valence-electron chi connectivity index (χ1n) is 7.62. The molecule has 0 heterocycles. The van der Waals surface area contributed by atoms with Crippen molar-refractivity contribution in [2.45, 2.75) is 13.8 Å². The Hall–Kier alpha value is -2.33. The summed E-state index contributed by atoms with van der Waals surface area (Å²) < 4.78 is 11.8. The first-order chi connectivity index (χ1) is 11.5. The van der Waals surface area contributed by atoms with Crippen LogP contribution in [-0.4, -0.2) is 12.6 Å². The summed E-state index contributed by atoms with van der Waals surface area (Å²) >= 11 is 3.54. The Kier molecular flexibility index (Phi) is 4.86. The second-order valence-electron chi connectivity index (χ2n) is 5.63. The number of ether oxygens (including phenoxy) is 2. The van der Waals surface area contributed by atoms with Crippen LogP contribution < -0.4 is 9.47 Å². The van der Waals surface area contributed by atoms with E-state index >= 15 is 0 Å². The molecule has 0 amide bonds. The maximum absolute atomic E-state index is 12.0. The lowest BCUT2D eigenvalue weighted by molar-refractivity contribution is -0.136. The minimum Gasteiger partial charge on any atom is -0.481 e. The van der Waals surface area contributed by atoms with Crippen LogP contribution in [0.1, 0.15) is 11.1 Å². The Morgan fingerprint density at radius 1 is 1.00 bits per heavy atom. The molecule has 122 valence electrons. The number of carbonyl (C=O) groups is 1. The number of fused-ring (bicyclic) bond motifs is 1. The van der Waals surface area contributed by atoms with E-state index in [1.165, 1.54) is 0 Å². The number of aryl methyl sites for hydroxylation is 2. The zero-order valence-electron chi connectivity index (χ0n) is 13.5. The molecule has 4 heteroatoms. The third-order valence-corrected chi connectivity index (χ3v) is 4.55. The van der Waals surface area contributed by atoms with Crippen molar-refractivity contribution in [3.63, 3.8) is 0 Å². The second-order valence-corrected chi connectivity index (χ2v) is 6.42. The quantitative estimate of drug-likeness (QED) is 0.457. The highest BCUT2D eigenvalue weighted by Gasteiger charge is 2.11. The Morgan fingerprint density at radius 3 is 2.54 bits per heavy atom. The summed E-state index contributed by atoms with van der Waals surface area (Å²) in [6, 6.07) is 17.5. The van der Waals surface area contributed by atoms with Crippen molar-refractivity contribution in [3.05, 3.63) is 70.2 Å². The van der Waals surface area contributed by atoms with E-state index in [0.717, 1.165) is 26.4 Å². The summed E-state index contributed by atoms with van der Waals surface area (Å²) in [4.78, 5) is 12.0. The van der Waals surface area contributed by atoms with E-state index in [-0.39, 0.29) is 6.61 Å². The van der Waals surface area contributed by atoms with Crippen molar-refractivity contribution in [1.82, 2.24) is 0 Å². The average Bonchev–Trinajstić information content (AvgIpc) is 2.57. The first-order valence-corrected chi connectivity index (χ1v) is 8.42. The lowest BCUT2D eigenvalue weighted by atomic mass is 10.1. The van der Waals surface area contributed by atoms with E-state index in [1.807, 2.05) is 62.4 Å². The highest BCUT2D eigenvalue weighted by molar-refractivity contribution is 9.10. The van der Waals surface area contributed by atoms with Gasteiger partial charge in [-0.15, -0.1) is 0 Å². The van der Waals surface area contributed by atoms with E-state index in [9.17, 15) is 4.79 Å². The maximum atomic E-state index is 12.0. The lowest BCUT2D eigenvalue weighted by Gasteiger charge is -2.11. The van der Waals surface area contributed by atoms with Crippen LogP contribution in [0.5, 0.6) is 11.5 Å². The molecule has 0 aliphatic carbocycles. The van der Waals surface area contributed by atoms with Gasteiger partial charge in [-0.1, -0.05) is 48.0 Å². The van der Waals surface area contributed by atoms with Gasteiger partial charge in [0.1, 0.15) is 11.5 Å². The normalized spacial score (nSPS) is 10.6. The second kappa shape index (κ2) is 7.05. The number of hydrogen-bond acceptors (Lipinski definition) is 3. The van der Waals surface area contributed by atoms with Crippen LogP contribution in [0.15, 0.2) is 59.1 Å². The van der Waals surface area contributed by atoms with Crippen molar-refractivity contribution < 1.29 is 14.3 Å². The van der Waals surface area contributed by atoms with Gasteiger partial charge in [0.2, 0.25) is 0 Å². The van der Waals surface area contributed by atoms with Gasteiger partial charge in [-0.2, -0.15) is 0 Å². The molecule has 0 N–H and O–H groups in total. The lowest BCUT2D eigenvalue weighted by Crippen LogP contribution is -2.18. The maximum Gasteiger partial charge on any atom is 0.349 e. The molecule has 3 aromatic rings. The predicted octanol–water partition coefficient (Wildman–Crippen LogP) is 5.20. The zero-order chi connectivity index (χ0) is 17.1. The average molecular weight is 385 g/mol. The fourth-order valence-electron chi connectivity index (χ4n) is 2.53. The highest BCUT2D eigenvalue weighted by Crippen LogP contribution is 2.33. The SMILES string of the molecule is Cc1ccc(OC(=O)COc2ccc3ccccc3c2Br)c(C)c1. The molecule has 3 aromatic carbocycles. The Bertz CT molecular complexity index is 903. The van der Waals surface area contributed by atoms with E-state index in [1.54, 1.807) is 6.07 Å². The minimum absolute atomic E-state index is 0.149. The molecule has 0 aromatic heterocycles. The van der Waals surface area contributed by atoms with Crippen LogP contribution in [0, 0.1) is 13.8 Å². The van der Waals surface area contributed by atoms with Crippen LogP contribution in [0.3, 0.4) is 0 Å². The minimum atomic E-state index is -0.429. The summed E-state index contributed by atoms with van der Waals surface area (Å²) in [5.74, 6) is 0.750. The topological polar surface area (TPSA) is 35.5 Å². The monoisotopic (exact) mass is 384 g/mol.